The molecule has 1 fully saturated rings. The topological polar surface area (TPSA) is 49.7 Å². The molecule has 0 spiro atoms. The number of rotatable bonds is 4. The number of aliphatic hydroxyl groups excluding tert-OH is 2. The minimum absolute atomic E-state index is 0.171. The summed E-state index contributed by atoms with van der Waals surface area (Å²) in [5, 5.41) is 18.0. The molecule has 1 aliphatic rings. The summed E-state index contributed by atoms with van der Waals surface area (Å²) in [6.07, 6.45) is 2.08. The van der Waals surface area contributed by atoms with Crippen LogP contribution in [0.1, 0.15) is 19.3 Å². The fourth-order valence-electron chi connectivity index (χ4n) is 1.39. The van der Waals surface area contributed by atoms with Crippen LogP contribution >= 0.6 is 0 Å². The van der Waals surface area contributed by atoms with Crippen molar-refractivity contribution in [3.8, 4) is 0 Å². The summed E-state index contributed by atoms with van der Waals surface area (Å²) in [5.41, 5.74) is 0. The first-order chi connectivity index (χ1) is 5.34. The zero-order valence-electron chi connectivity index (χ0n) is 6.70. The van der Waals surface area contributed by atoms with E-state index in [1.54, 1.807) is 0 Å². The Balaban J connectivity index is 2.12. The highest BCUT2D eigenvalue weighted by atomic mass is 16.5. The fraction of sp³-hybridized carbons (Fsp3) is 1.00. The van der Waals surface area contributed by atoms with Gasteiger partial charge in [0.15, 0.2) is 0 Å². The van der Waals surface area contributed by atoms with Gasteiger partial charge in [-0.2, -0.15) is 0 Å². The summed E-state index contributed by atoms with van der Waals surface area (Å²) in [5.74, 6) is 0.307. The van der Waals surface area contributed by atoms with E-state index in [0.717, 1.165) is 13.0 Å². The third-order valence-corrected chi connectivity index (χ3v) is 2.17. The smallest absolute Gasteiger partial charge is 0.0592 e. The van der Waals surface area contributed by atoms with Gasteiger partial charge in [0.05, 0.1) is 12.7 Å². The van der Waals surface area contributed by atoms with Crippen molar-refractivity contribution < 1.29 is 14.9 Å². The second-order valence-corrected chi connectivity index (χ2v) is 3.06. The molecule has 66 valence electrons. The summed E-state index contributed by atoms with van der Waals surface area (Å²) in [6.45, 7) is 1.64. The van der Waals surface area contributed by atoms with E-state index in [9.17, 15) is 5.11 Å². The van der Waals surface area contributed by atoms with E-state index in [2.05, 4.69) is 0 Å². The predicted molar refractivity (Wildman–Crippen MR) is 41.3 cm³/mol. The van der Waals surface area contributed by atoms with Gasteiger partial charge in [-0.25, -0.2) is 0 Å². The molecular weight excluding hydrogens is 144 g/mol. The highest BCUT2D eigenvalue weighted by Gasteiger charge is 2.22. The lowest BCUT2D eigenvalue weighted by Crippen LogP contribution is -2.20. The van der Waals surface area contributed by atoms with Gasteiger partial charge in [-0.1, -0.05) is 0 Å². The molecule has 0 aliphatic carbocycles. The molecule has 3 nitrogen and oxygen atoms in total. The van der Waals surface area contributed by atoms with Gasteiger partial charge < -0.3 is 14.9 Å². The van der Waals surface area contributed by atoms with Gasteiger partial charge in [-0.05, 0) is 19.3 Å². The molecule has 1 rings (SSSR count). The Morgan fingerprint density at radius 1 is 1.55 bits per heavy atom. The second-order valence-electron chi connectivity index (χ2n) is 3.06. The van der Waals surface area contributed by atoms with Crippen molar-refractivity contribution in [2.24, 2.45) is 5.92 Å². The zero-order chi connectivity index (χ0) is 8.10. The van der Waals surface area contributed by atoms with E-state index in [1.807, 2.05) is 0 Å². The Morgan fingerprint density at radius 2 is 2.36 bits per heavy atom. The van der Waals surface area contributed by atoms with Crippen LogP contribution in [0.4, 0.5) is 0 Å². The van der Waals surface area contributed by atoms with Crippen molar-refractivity contribution in [3.05, 3.63) is 0 Å². The minimum atomic E-state index is -0.273. The molecular formula is C8H16O3. The Kier molecular flexibility index (Phi) is 3.83. The largest absolute Gasteiger partial charge is 0.396 e. The lowest BCUT2D eigenvalue weighted by Gasteiger charge is -2.14. The first kappa shape index (κ1) is 8.97. The molecule has 0 amide bonds. The molecule has 1 heterocycles. The van der Waals surface area contributed by atoms with Crippen LogP contribution in [0, 0.1) is 5.92 Å². The van der Waals surface area contributed by atoms with Gasteiger partial charge in [-0.3, -0.25) is 0 Å². The summed E-state index contributed by atoms with van der Waals surface area (Å²) in [4.78, 5) is 0. The van der Waals surface area contributed by atoms with E-state index >= 15 is 0 Å². The van der Waals surface area contributed by atoms with E-state index in [1.165, 1.54) is 0 Å². The van der Waals surface area contributed by atoms with Crippen LogP contribution in [-0.4, -0.2) is 36.1 Å². The van der Waals surface area contributed by atoms with Crippen LogP contribution in [0.2, 0.25) is 0 Å². The highest BCUT2D eigenvalue weighted by Crippen LogP contribution is 2.19. The van der Waals surface area contributed by atoms with E-state index in [-0.39, 0.29) is 12.7 Å². The molecule has 0 aromatic carbocycles. The van der Waals surface area contributed by atoms with Crippen molar-refractivity contribution in [1.29, 1.82) is 0 Å². The molecule has 2 unspecified atom stereocenters. The summed E-state index contributed by atoms with van der Waals surface area (Å²) < 4.78 is 5.14. The van der Waals surface area contributed by atoms with Crippen molar-refractivity contribution in [2.45, 2.75) is 25.4 Å². The predicted octanol–water partition coefficient (Wildman–Crippen LogP) is 0.156. The summed E-state index contributed by atoms with van der Waals surface area (Å²) in [6, 6.07) is 0. The van der Waals surface area contributed by atoms with Gasteiger partial charge in [0, 0.05) is 19.1 Å². The molecule has 1 saturated heterocycles. The average molecular weight is 160 g/mol. The normalized spacial score (nSPS) is 27.3. The molecule has 11 heavy (non-hydrogen) atoms. The van der Waals surface area contributed by atoms with Gasteiger partial charge in [0.1, 0.15) is 0 Å². The second kappa shape index (κ2) is 4.70. The molecule has 0 aromatic heterocycles. The van der Waals surface area contributed by atoms with Gasteiger partial charge in [-0.15, -0.1) is 0 Å². The number of hydrogen-bond donors (Lipinski definition) is 2. The summed E-state index contributed by atoms with van der Waals surface area (Å²) in [7, 11) is 0. The van der Waals surface area contributed by atoms with Gasteiger partial charge in [0.2, 0.25) is 0 Å². The number of hydrogen-bond acceptors (Lipinski definition) is 3. The van der Waals surface area contributed by atoms with Crippen molar-refractivity contribution in [1.82, 2.24) is 0 Å². The maximum absolute atomic E-state index is 9.49. The lowest BCUT2D eigenvalue weighted by molar-refractivity contribution is 0.0783. The number of ether oxygens (including phenoxy) is 1. The lowest BCUT2D eigenvalue weighted by atomic mass is 9.98. The Labute approximate surface area is 67.0 Å². The van der Waals surface area contributed by atoms with Crippen LogP contribution in [-0.2, 0) is 4.74 Å². The van der Waals surface area contributed by atoms with Crippen LogP contribution in [0.5, 0.6) is 0 Å². The van der Waals surface area contributed by atoms with Crippen molar-refractivity contribution >= 4 is 0 Å². The van der Waals surface area contributed by atoms with Crippen molar-refractivity contribution in [3.63, 3.8) is 0 Å². The Bertz CT molecular complexity index is 99.5. The molecule has 0 saturated carbocycles. The average Bonchev–Trinajstić information content (AvgIpc) is 2.52. The Hall–Kier alpha value is -0.120. The van der Waals surface area contributed by atoms with Gasteiger partial charge in [0.25, 0.3) is 0 Å². The first-order valence-electron chi connectivity index (χ1n) is 4.21. The van der Waals surface area contributed by atoms with E-state index < -0.39 is 0 Å². The van der Waals surface area contributed by atoms with Crippen LogP contribution in [0.3, 0.4) is 0 Å². The third kappa shape index (κ3) is 2.77. The van der Waals surface area contributed by atoms with E-state index in [4.69, 9.17) is 9.84 Å². The molecule has 0 aromatic rings. The Morgan fingerprint density at radius 3 is 2.91 bits per heavy atom. The summed E-state index contributed by atoms with van der Waals surface area (Å²) >= 11 is 0. The van der Waals surface area contributed by atoms with Crippen molar-refractivity contribution in [2.75, 3.05) is 19.8 Å². The van der Waals surface area contributed by atoms with Crippen LogP contribution in [0.15, 0.2) is 0 Å². The van der Waals surface area contributed by atoms with E-state index in [0.29, 0.717) is 25.4 Å². The van der Waals surface area contributed by atoms with Crippen LogP contribution < -0.4 is 0 Å². The monoisotopic (exact) mass is 160 g/mol. The first-order valence-corrected chi connectivity index (χ1v) is 4.21. The quantitative estimate of drug-likeness (QED) is 0.615. The molecule has 0 bridgehead atoms. The molecule has 2 atom stereocenters. The molecule has 1 aliphatic heterocycles. The maximum atomic E-state index is 9.49. The number of aliphatic hydroxyl groups is 2. The minimum Gasteiger partial charge on any atom is -0.396 e. The standard InChI is InChI=1S/C8H16O3/c9-4-1-2-8(10)7-3-5-11-6-7/h7-10H,1-6H2. The van der Waals surface area contributed by atoms with Crippen LogP contribution in [0.25, 0.3) is 0 Å². The SMILES string of the molecule is OCCCC(O)C1CCOC1. The van der Waals surface area contributed by atoms with Gasteiger partial charge >= 0.3 is 0 Å². The molecule has 0 radical (unpaired) electrons. The third-order valence-electron chi connectivity index (χ3n) is 2.17. The fourth-order valence-corrected chi connectivity index (χ4v) is 1.39. The molecule has 2 N–H and O–H groups in total. The highest BCUT2D eigenvalue weighted by molar-refractivity contribution is 4.72. The molecule has 3 heteroatoms. The zero-order valence-corrected chi connectivity index (χ0v) is 6.70. The maximum Gasteiger partial charge on any atom is 0.0592 e.